The molecule has 4 rings (SSSR count). The highest BCUT2D eigenvalue weighted by atomic mass is 19.1. The minimum atomic E-state index is -0.355. The quantitative estimate of drug-likeness (QED) is 0.496. The molecule has 0 atom stereocenters. The van der Waals surface area contributed by atoms with Crippen LogP contribution in [0.5, 0.6) is 0 Å². The topological polar surface area (TPSA) is 72.1 Å². The molecule has 0 saturated carbocycles. The molecule has 0 radical (unpaired) electrons. The standard InChI is InChI=1S/C22H17FN4O2/c1-14-4-3-5-18(12-14)27(15(2)28)22-20(19-10-11-24-13-25-19)21(26-29-22)16-6-8-17(23)9-7-16/h3-13H,1-2H3. The summed E-state index contributed by atoms with van der Waals surface area (Å²) < 4.78 is 19.1. The van der Waals surface area contributed by atoms with Crippen molar-refractivity contribution in [2.24, 2.45) is 0 Å². The van der Waals surface area contributed by atoms with Gasteiger partial charge in [-0.05, 0) is 55.0 Å². The van der Waals surface area contributed by atoms with Crippen molar-refractivity contribution in [2.45, 2.75) is 13.8 Å². The zero-order valence-electron chi connectivity index (χ0n) is 15.8. The molecule has 2 aromatic heterocycles. The number of amides is 1. The van der Waals surface area contributed by atoms with Gasteiger partial charge < -0.3 is 4.52 Å². The molecule has 4 aromatic rings. The molecule has 2 heterocycles. The van der Waals surface area contributed by atoms with Crippen LogP contribution in [-0.2, 0) is 4.79 Å². The second-order valence-electron chi connectivity index (χ2n) is 6.51. The molecule has 29 heavy (non-hydrogen) atoms. The van der Waals surface area contributed by atoms with Gasteiger partial charge in [0.1, 0.15) is 17.8 Å². The number of hydrogen-bond donors (Lipinski definition) is 0. The van der Waals surface area contributed by atoms with E-state index < -0.39 is 0 Å². The van der Waals surface area contributed by atoms with Gasteiger partial charge in [-0.25, -0.2) is 19.3 Å². The molecule has 0 aliphatic carbocycles. The van der Waals surface area contributed by atoms with Crippen molar-refractivity contribution in [3.8, 4) is 22.5 Å². The minimum Gasteiger partial charge on any atom is -0.336 e. The molecule has 7 heteroatoms. The van der Waals surface area contributed by atoms with E-state index in [-0.39, 0.29) is 17.6 Å². The summed E-state index contributed by atoms with van der Waals surface area (Å²) in [6.45, 7) is 3.39. The Hall–Kier alpha value is -3.87. The molecule has 6 nitrogen and oxygen atoms in total. The fourth-order valence-electron chi connectivity index (χ4n) is 3.12. The van der Waals surface area contributed by atoms with Gasteiger partial charge in [-0.15, -0.1) is 0 Å². The van der Waals surface area contributed by atoms with Crippen molar-refractivity contribution in [1.29, 1.82) is 0 Å². The van der Waals surface area contributed by atoms with E-state index in [9.17, 15) is 9.18 Å². The maximum absolute atomic E-state index is 13.4. The first-order chi connectivity index (χ1) is 14.0. The monoisotopic (exact) mass is 388 g/mol. The Labute approximate surface area is 166 Å². The third-order valence-corrected chi connectivity index (χ3v) is 4.41. The van der Waals surface area contributed by atoms with Gasteiger partial charge in [-0.1, -0.05) is 17.3 Å². The van der Waals surface area contributed by atoms with Gasteiger partial charge in [0.2, 0.25) is 11.8 Å². The minimum absolute atomic E-state index is 0.237. The van der Waals surface area contributed by atoms with Crippen LogP contribution in [0.2, 0.25) is 0 Å². The highest BCUT2D eigenvalue weighted by Crippen LogP contribution is 2.41. The van der Waals surface area contributed by atoms with Crippen LogP contribution in [0.1, 0.15) is 12.5 Å². The Morgan fingerprint density at radius 2 is 1.90 bits per heavy atom. The smallest absolute Gasteiger partial charge is 0.248 e. The number of halogens is 1. The van der Waals surface area contributed by atoms with E-state index in [1.807, 2.05) is 31.2 Å². The van der Waals surface area contributed by atoms with Gasteiger partial charge in [0.05, 0.1) is 16.9 Å². The summed E-state index contributed by atoms with van der Waals surface area (Å²) in [7, 11) is 0. The van der Waals surface area contributed by atoms with Crippen LogP contribution < -0.4 is 4.90 Å². The van der Waals surface area contributed by atoms with Crippen molar-refractivity contribution >= 4 is 17.5 Å². The van der Waals surface area contributed by atoms with Gasteiger partial charge in [-0.3, -0.25) is 4.79 Å². The fraction of sp³-hybridized carbons (Fsp3) is 0.0909. The van der Waals surface area contributed by atoms with E-state index in [2.05, 4.69) is 15.1 Å². The Bertz CT molecular complexity index is 1160. The lowest BCUT2D eigenvalue weighted by molar-refractivity contribution is -0.116. The SMILES string of the molecule is CC(=O)N(c1cccc(C)c1)c1onc(-c2ccc(F)cc2)c1-c1ccncn1. The summed E-state index contributed by atoms with van der Waals surface area (Å²) in [4.78, 5) is 22.3. The number of anilines is 2. The lowest BCUT2D eigenvalue weighted by atomic mass is 10.0. The molecule has 0 aliphatic heterocycles. The third kappa shape index (κ3) is 3.62. The fourth-order valence-corrected chi connectivity index (χ4v) is 3.12. The lowest BCUT2D eigenvalue weighted by Crippen LogP contribution is -2.23. The number of nitrogens with zero attached hydrogens (tertiary/aromatic N) is 4. The number of benzene rings is 2. The number of aromatic nitrogens is 3. The summed E-state index contributed by atoms with van der Waals surface area (Å²) in [5, 5.41) is 4.19. The van der Waals surface area contributed by atoms with Gasteiger partial charge in [0.25, 0.3) is 0 Å². The maximum atomic E-state index is 13.4. The second kappa shape index (κ2) is 7.63. The highest BCUT2D eigenvalue weighted by molar-refractivity contribution is 6.03. The summed E-state index contributed by atoms with van der Waals surface area (Å²) >= 11 is 0. The highest BCUT2D eigenvalue weighted by Gasteiger charge is 2.28. The van der Waals surface area contributed by atoms with Crippen molar-refractivity contribution < 1.29 is 13.7 Å². The largest absolute Gasteiger partial charge is 0.336 e. The van der Waals surface area contributed by atoms with Crippen LogP contribution in [0, 0.1) is 12.7 Å². The van der Waals surface area contributed by atoms with Crippen LogP contribution in [0.25, 0.3) is 22.5 Å². The van der Waals surface area contributed by atoms with E-state index in [0.29, 0.717) is 28.2 Å². The molecule has 0 unspecified atom stereocenters. The summed E-state index contributed by atoms with van der Waals surface area (Å²) in [5.74, 6) is -0.361. The molecule has 0 aliphatic rings. The molecule has 0 N–H and O–H groups in total. The predicted molar refractivity (Wildman–Crippen MR) is 107 cm³/mol. The number of hydrogen-bond acceptors (Lipinski definition) is 5. The average Bonchev–Trinajstić information content (AvgIpc) is 3.13. The van der Waals surface area contributed by atoms with Gasteiger partial charge >= 0.3 is 0 Å². The van der Waals surface area contributed by atoms with Crippen molar-refractivity contribution in [1.82, 2.24) is 15.1 Å². The molecule has 0 saturated heterocycles. The lowest BCUT2D eigenvalue weighted by Gasteiger charge is -2.19. The first-order valence-corrected chi connectivity index (χ1v) is 8.94. The number of carbonyl (C=O) groups is 1. The zero-order chi connectivity index (χ0) is 20.4. The van der Waals surface area contributed by atoms with Gasteiger partial charge in [0.15, 0.2) is 0 Å². The van der Waals surface area contributed by atoms with E-state index in [1.54, 1.807) is 24.4 Å². The first-order valence-electron chi connectivity index (χ1n) is 8.94. The second-order valence-corrected chi connectivity index (χ2v) is 6.51. The van der Waals surface area contributed by atoms with Crippen LogP contribution in [0.3, 0.4) is 0 Å². The van der Waals surface area contributed by atoms with E-state index in [1.165, 1.54) is 30.3 Å². The molecule has 1 amide bonds. The number of aryl methyl sites for hydroxylation is 1. The molecule has 0 bridgehead atoms. The Balaban J connectivity index is 1.95. The Morgan fingerprint density at radius 3 is 2.55 bits per heavy atom. The molecule has 144 valence electrons. The van der Waals surface area contributed by atoms with E-state index >= 15 is 0 Å². The number of rotatable bonds is 4. The third-order valence-electron chi connectivity index (χ3n) is 4.41. The van der Waals surface area contributed by atoms with Crippen LogP contribution in [-0.4, -0.2) is 21.0 Å². The molecule has 2 aromatic carbocycles. The average molecular weight is 388 g/mol. The van der Waals surface area contributed by atoms with E-state index in [0.717, 1.165) is 5.56 Å². The molecule has 0 fully saturated rings. The number of carbonyl (C=O) groups excluding carboxylic acids is 1. The first kappa shape index (κ1) is 18.5. The van der Waals surface area contributed by atoms with Crippen LogP contribution in [0.15, 0.2) is 71.6 Å². The van der Waals surface area contributed by atoms with Gasteiger partial charge in [0, 0.05) is 18.7 Å². The van der Waals surface area contributed by atoms with E-state index in [4.69, 9.17) is 4.52 Å². The van der Waals surface area contributed by atoms with Crippen LogP contribution >= 0.6 is 0 Å². The molecule has 0 spiro atoms. The van der Waals surface area contributed by atoms with Crippen LogP contribution in [0.4, 0.5) is 16.0 Å². The molecular weight excluding hydrogens is 371 g/mol. The zero-order valence-corrected chi connectivity index (χ0v) is 15.8. The summed E-state index contributed by atoms with van der Waals surface area (Å²) in [5.41, 5.74) is 3.80. The molecular formula is C22H17FN4O2. The maximum Gasteiger partial charge on any atom is 0.248 e. The predicted octanol–water partition coefficient (Wildman–Crippen LogP) is 4.93. The van der Waals surface area contributed by atoms with Crippen molar-refractivity contribution in [3.05, 3.63) is 78.5 Å². The Kier molecular flexibility index (Phi) is 4.87. The van der Waals surface area contributed by atoms with Crippen molar-refractivity contribution in [3.63, 3.8) is 0 Å². The summed E-state index contributed by atoms with van der Waals surface area (Å²) in [6, 6.07) is 15.1. The normalized spacial score (nSPS) is 10.7. The Morgan fingerprint density at radius 1 is 1.10 bits per heavy atom. The van der Waals surface area contributed by atoms with Gasteiger partial charge in [-0.2, -0.15) is 0 Å². The van der Waals surface area contributed by atoms with Crippen molar-refractivity contribution in [2.75, 3.05) is 4.90 Å². The summed E-state index contributed by atoms with van der Waals surface area (Å²) in [6.07, 6.45) is 3.00.